The second-order valence-electron chi connectivity index (χ2n) is 4.81. The minimum absolute atomic E-state index is 0.221. The first-order valence-corrected chi connectivity index (χ1v) is 6.61. The summed E-state index contributed by atoms with van der Waals surface area (Å²) in [6.07, 6.45) is 1.07. The van der Waals surface area contributed by atoms with Crippen molar-refractivity contribution < 1.29 is 13.9 Å². The van der Waals surface area contributed by atoms with Crippen molar-refractivity contribution in [1.82, 2.24) is 0 Å². The zero-order valence-corrected chi connectivity index (χ0v) is 11.8. The molecule has 0 saturated carbocycles. The Kier molecular flexibility index (Phi) is 5.48. The van der Waals surface area contributed by atoms with E-state index in [2.05, 4.69) is 0 Å². The van der Waals surface area contributed by atoms with E-state index in [1.54, 1.807) is 13.0 Å². The highest BCUT2D eigenvalue weighted by Crippen LogP contribution is 2.29. The van der Waals surface area contributed by atoms with Crippen LogP contribution in [0.3, 0.4) is 0 Å². The van der Waals surface area contributed by atoms with Crippen LogP contribution in [0.25, 0.3) is 0 Å². The molecule has 4 heteroatoms. The summed E-state index contributed by atoms with van der Waals surface area (Å²) in [5.74, 6) is -0.545. The van der Waals surface area contributed by atoms with Gasteiger partial charge in [-0.05, 0) is 49.9 Å². The lowest BCUT2D eigenvalue weighted by atomic mass is 9.78. The number of carbonyl (C=O) groups excluding carboxylic acids is 1. The maximum Gasteiger partial charge on any atom is 0.313 e. The lowest BCUT2D eigenvalue weighted by Crippen LogP contribution is -2.41. The van der Waals surface area contributed by atoms with Crippen LogP contribution in [-0.2, 0) is 16.0 Å². The van der Waals surface area contributed by atoms with E-state index < -0.39 is 5.41 Å². The molecule has 19 heavy (non-hydrogen) atoms. The molecule has 2 N–H and O–H groups in total. The summed E-state index contributed by atoms with van der Waals surface area (Å²) in [6, 6.07) is 4.59. The van der Waals surface area contributed by atoms with Crippen LogP contribution in [0, 0.1) is 18.2 Å². The zero-order chi connectivity index (χ0) is 14.5. The number of hydrogen-bond donors (Lipinski definition) is 1. The van der Waals surface area contributed by atoms with Gasteiger partial charge in [-0.15, -0.1) is 0 Å². The number of hydrogen-bond acceptors (Lipinski definition) is 3. The third-order valence-electron chi connectivity index (χ3n) is 3.61. The predicted octanol–water partition coefficient (Wildman–Crippen LogP) is 2.59. The molecule has 1 unspecified atom stereocenters. The molecule has 3 nitrogen and oxygen atoms in total. The molecule has 1 rings (SSSR count). The van der Waals surface area contributed by atoms with Crippen molar-refractivity contribution in [2.45, 2.75) is 33.6 Å². The molecule has 0 aliphatic carbocycles. The first-order chi connectivity index (χ1) is 8.99. The Bertz CT molecular complexity index is 442. The lowest BCUT2D eigenvalue weighted by molar-refractivity contribution is -0.155. The van der Waals surface area contributed by atoms with E-state index in [1.165, 1.54) is 12.1 Å². The van der Waals surface area contributed by atoms with Gasteiger partial charge in [-0.3, -0.25) is 4.79 Å². The summed E-state index contributed by atoms with van der Waals surface area (Å²) in [5.41, 5.74) is 6.84. The maximum absolute atomic E-state index is 13.1. The van der Waals surface area contributed by atoms with Crippen LogP contribution in [0.15, 0.2) is 18.2 Å². The molecule has 0 fully saturated rings. The van der Waals surface area contributed by atoms with E-state index in [1.807, 2.05) is 13.8 Å². The lowest BCUT2D eigenvalue weighted by Gasteiger charge is -2.29. The van der Waals surface area contributed by atoms with Crippen LogP contribution >= 0.6 is 0 Å². The van der Waals surface area contributed by atoms with Gasteiger partial charge in [0.05, 0.1) is 12.0 Å². The fourth-order valence-electron chi connectivity index (χ4n) is 2.15. The summed E-state index contributed by atoms with van der Waals surface area (Å²) in [7, 11) is 0. The molecule has 106 valence electrons. The number of benzene rings is 1. The van der Waals surface area contributed by atoms with Gasteiger partial charge < -0.3 is 10.5 Å². The van der Waals surface area contributed by atoms with Gasteiger partial charge in [-0.2, -0.15) is 0 Å². The molecule has 0 bridgehead atoms. The van der Waals surface area contributed by atoms with Gasteiger partial charge in [0.2, 0.25) is 0 Å². The summed E-state index contributed by atoms with van der Waals surface area (Å²) < 4.78 is 18.2. The Hall–Kier alpha value is -1.42. The molecule has 0 saturated heterocycles. The van der Waals surface area contributed by atoms with Crippen LogP contribution in [0.1, 0.15) is 31.4 Å². The van der Waals surface area contributed by atoms with Crippen molar-refractivity contribution in [3.8, 4) is 0 Å². The zero-order valence-electron chi connectivity index (χ0n) is 11.8. The number of esters is 1. The Balaban J connectivity index is 3.04. The van der Waals surface area contributed by atoms with Crippen molar-refractivity contribution in [1.29, 1.82) is 0 Å². The van der Waals surface area contributed by atoms with Gasteiger partial charge in [-0.25, -0.2) is 4.39 Å². The van der Waals surface area contributed by atoms with Crippen LogP contribution in [-0.4, -0.2) is 19.1 Å². The molecule has 0 spiro atoms. The van der Waals surface area contributed by atoms with E-state index in [4.69, 9.17) is 10.5 Å². The average Bonchev–Trinajstić information content (AvgIpc) is 2.39. The maximum atomic E-state index is 13.1. The van der Waals surface area contributed by atoms with E-state index in [0.29, 0.717) is 19.4 Å². The fourth-order valence-corrected chi connectivity index (χ4v) is 2.15. The van der Waals surface area contributed by atoms with E-state index in [-0.39, 0.29) is 18.3 Å². The molecule has 0 radical (unpaired) electrons. The second-order valence-corrected chi connectivity index (χ2v) is 4.81. The monoisotopic (exact) mass is 267 g/mol. The highest BCUT2D eigenvalue weighted by molar-refractivity contribution is 5.77. The topological polar surface area (TPSA) is 52.3 Å². The summed E-state index contributed by atoms with van der Waals surface area (Å²) in [4.78, 5) is 12.1. The van der Waals surface area contributed by atoms with Gasteiger partial charge >= 0.3 is 5.97 Å². The van der Waals surface area contributed by atoms with Crippen molar-refractivity contribution in [2.24, 2.45) is 11.1 Å². The average molecular weight is 267 g/mol. The van der Waals surface area contributed by atoms with Crippen LogP contribution in [0.5, 0.6) is 0 Å². The van der Waals surface area contributed by atoms with E-state index in [9.17, 15) is 9.18 Å². The van der Waals surface area contributed by atoms with Crippen molar-refractivity contribution in [3.05, 3.63) is 35.1 Å². The third kappa shape index (κ3) is 3.53. The first kappa shape index (κ1) is 15.6. The van der Waals surface area contributed by atoms with Crippen LogP contribution in [0.4, 0.5) is 4.39 Å². The Morgan fingerprint density at radius 2 is 2.11 bits per heavy atom. The van der Waals surface area contributed by atoms with Crippen LogP contribution < -0.4 is 5.73 Å². The molecule has 0 aliphatic heterocycles. The summed E-state index contributed by atoms with van der Waals surface area (Å²) in [5, 5.41) is 0. The number of nitrogens with two attached hydrogens (primary N) is 1. The Morgan fingerprint density at radius 1 is 1.42 bits per heavy atom. The minimum Gasteiger partial charge on any atom is -0.466 e. The largest absolute Gasteiger partial charge is 0.466 e. The normalized spacial score (nSPS) is 13.9. The standard InChI is InChI=1S/C15H22FNO2/c1-4-15(10-17,14(18)19-5-2)9-12-6-7-13(16)8-11(12)3/h6-8H,4-5,9-10,17H2,1-3H3. The molecule has 0 aliphatic rings. The third-order valence-corrected chi connectivity index (χ3v) is 3.61. The molecule has 1 atom stereocenters. The first-order valence-electron chi connectivity index (χ1n) is 6.61. The van der Waals surface area contributed by atoms with Gasteiger partial charge in [0.25, 0.3) is 0 Å². The number of aryl methyl sites for hydroxylation is 1. The molecule has 1 aromatic carbocycles. The van der Waals surface area contributed by atoms with E-state index >= 15 is 0 Å². The molecule has 0 amide bonds. The molecule has 0 aromatic heterocycles. The van der Waals surface area contributed by atoms with Gasteiger partial charge in [0, 0.05) is 6.54 Å². The highest BCUT2D eigenvalue weighted by atomic mass is 19.1. The number of ether oxygens (including phenoxy) is 1. The number of carbonyl (C=O) groups is 1. The van der Waals surface area contributed by atoms with Gasteiger partial charge in [0.1, 0.15) is 5.82 Å². The summed E-state index contributed by atoms with van der Waals surface area (Å²) in [6.45, 7) is 6.09. The number of rotatable bonds is 6. The minimum atomic E-state index is -0.724. The smallest absolute Gasteiger partial charge is 0.313 e. The molecule has 1 aromatic rings. The van der Waals surface area contributed by atoms with Crippen molar-refractivity contribution in [2.75, 3.05) is 13.2 Å². The second kappa shape index (κ2) is 6.66. The summed E-state index contributed by atoms with van der Waals surface area (Å²) >= 11 is 0. The number of halogens is 1. The quantitative estimate of drug-likeness (QED) is 0.806. The fraction of sp³-hybridized carbons (Fsp3) is 0.533. The Labute approximate surface area is 113 Å². The van der Waals surface area contributed by atoms with Crippen molar-refractivity contribution in [3.63, 3.8) is 0 Å². The van der Waals surface area contributed by atoms with E-state index in [0.717, 1.165) is 11.1 Å². The van der Waals surface area contributed by atoms with Crippen molar-refractivity contribution >= 4 is 5.97 Å². The highest BCUT2D eigenvalue weighted by Gasteiger charge is 2.37. The van der Waals surface area contributed by atoms with Crippen LogP contribution in [0.2, 0.25) is 0 Å². The molecular weight excluding hydrogens is 245 g/mol. The van der Waals surface area contributed by atoms with Gasteiger partial charge in [-0.1, -0.05) is 13.0 Å². The Morgan fingerprint density at radius 3 is 2.58 bits per heavy atom. The predicted molar refractivity (Wildman–Crippen MR) is 73.3 cm³/mol. The molecule has 0 heterocycles. The molecular formula is C15H22FNO2. The van der Waals surface area contributed by atoms with Gasteiger partial charge in [0.15, 0.2) is 0 Å². The SMILES string of the molecule is CCOC(=O)C(CC)(CN)Cc1ccc(F)cc1C.